The van der Waals surface area contributed by atoms with Gasteiger partial charge in [-0.1, -0.05) is 47.6 Å². The second kappa shape index (κ2) is 7.44. The number of benzene rings is 3. The summed E-state index contributed by atoms with van der Waals surface area (Å²) in [6, 6.07) is 21.9. The van der Waals surface area contributed by atoms with Crippen LogP contribution < -0.4 is 20.0 Å². The maximum absolute atomic E-state index is 5.30. The zero-order valence-electron chi connectivity index (χ0n) is 16.6. The number of ether oxygens (including phenoxy) is 2. The van der Waals surface area contributed by atoms with E-state index in [4.69, 9.17) is 14.5 Å². The maximum Gasteiger partial charge on any atom is 0.270 e. The zero-order chi connectivity index (χ0) is 20.5. The van der Waals surface area contributed by atoms with E-state index in [1.54, 1.807) is 18.9 Å². The lowest BCUT2D eigenvalue weighted by Gasteiger charge is -2.22. The van der Waals surface area contributed by atoms with Crippen molar-refractivity contribution in [1.82, 2.24) is 20.2 Å². The van der Waals surface area contributed by atoms with Gasteiger partial charge in [-0.15, -0.1) is 0 Å². The Morgan fingerprint density at radius 3 is 2.27 bits per heavy atom. The van der Waals surface area contributed by atoms with Crippen LogP contribution in [0.5, 0.6) is 11.5 Å². The van der Waals surface area contributed by atoms with E-state index in [0.717, 1.165) is 38.8 Å². The van der Waals surface area contributed by atoms with Gasteiger partial charge in [0.05, 0.1) is 19.6 Å². The molecule has 7 nitrogen and oxygen atoms in total. The molecule has 0 aliphatic carbocycles. The van der Waals surface area contributed by atoms with Crippen LogP contribution in [-0.4, -0.2) is 34.4 Å². The Kier molecular flexibility index (Phi) is 4.48. The van der Waals surface area contributed by atoms with Crippen molar-refractivity contribution in [1.29, 1.82) is 0 Å². The normalized spacial score (nSPS) is 15.1. The van der Waals surface area contributed by atoms with Crippen LogP contribution >= 0.6 is 0 Å². The molecule has 30 heavy (non-hydrogen) atoms. The van der Waals surface area contributed by atoms with Gasteiger partial charge in [0.25, 0.3) is 5.95 Å². The third-order valence-electron chi connectivity index (χ3n) is 5.19. The number of para-hydroxylation sites is 1. The Balaban J connectivity index is 1.70. The minimum Gasteiger partial charge on any atom is -0.497 e. The second-order valence-corrected chi connectivity index (χ2v) is 6.91. The molecule has 3 aromatic carbocycles. The van der Waals surface area contributed by atoms with E-state index < -0.39 is 0 Å². The highest BCUT2D eigenvalue weighted by Crippen LogP contribution is 2.30. The Bertz CT molecular complexity index is 1310. The van der Waals surface area contributed by atoms with Gasteiger partial charge >= 0.3 is 0 Å². The topological polar surface area (TPSA) is 74.4 Å². The number of hydrogen-bond donors (Lipinski definition) is 0. The minimum absolute atomic E-state index is 0.169. The number of rotatable bonds is 4. The van der Waals surface area contributed by atoms with E-state index in [1.165, 1.54) is 0 Å². The van der Waals surface area contributed by atoms with Crippen molar-refractivity contribution in [3.8, 4) is 11.5 Å². The van der Waals surface area contributed by atoms with E-state index in [2.05, 4.69) is 33.7 Å². The molecule has 0 fully saturated rings. The summed E-state index contributed by atoms with van der Waals surface area (Å²) in [6.45, 7) is 0. The van der Waals surface area contributed by atoms with Crippen LogP contribution in [0.4, 0.5) is 5.95 Å². The molecule has 1 unspecified atom stereocenters. The van der Waals surface area contributed by atoms with Crippen molar-refractivity contribution >= 4 is 12.0 Å². The number of hydrogen-bond acceptors (Lipinski definition) is 6. The summed E-state index contributed by atoms with van der Waals surface area (Å²) in [6.07, 6.45) is 2.10. The fraction of sp³-hybridized carbons (Fsp3) is 0.130. The molecular formula is C23H19N5O2. The molecule has 0 N–H and O–H groups in total. The number of tetrazole rings is 1. The molecule has 1 atom stereocenters. The number of aromatic nitrogens is 4. The Morgan fingerprint density at radius 2 is 1.57 bits per heavy atom. The molecule has 4 aromatic rings. The summed E-state index contributed by atoms with van der Waals surface area (Å²) < 4.78 is 12.3. The van der Waals surface area contributed by atoms with Crippen LogP contribution in [-0.2, 0) is 0 Å². The van der Waals surface area contributed by atoms with E-state index in [0.29, 0.717) is 5.95 Å². The summed E-state index contributed by atoms with van der Waals surface area (Å²) in [4.78, 5) is 4.75. The van der Waals surface area contributed by atoms with Crippen LogP contribution in [0.15, 0.2) is 71.7 Å². The van der Waals surface area contributed by atoms with Crippen molar-refractivity contribution in [2.75, 3.05) is 14.2 Å². The summed E-state index contributed by atoms with van der Waals surface area (Å²) in [5.74, 6) is 2.11. The average Bonchev–Trinajstić information content (AvgIpc) is 3.27. The lowest BCUT2D eigenvalue weighted by molar-refractivity contribution is 0.414. The van der Waals surface area contributed by atoms with Crippen molar-refractivity contribution in [3.63, 3.8) is 0 Å². The van der Waals surface area contributed by atoms with Gasteiger partial charge in [0.15, 0.2) is 0 Å². The highest BCUT2D eigenvalue weighted by molar-refractivity contribution is 5.52. The smallest absolute Gasteiger partial charge is 0.270 e. The molecule has 7 heteroatoms. The van der Waals surface area contributed by atoms with Crippen molar-refractivity contribution in [2.24, 2.45) is 4.99 Å². The molecule has 0 saturated carbocycles. The Hall–Kier alpha value is -4.00. The number of methoxy groups -OCH3 is 2. The average molecular weight is 397 g/mol. The first-order valence-corrected chi connectivity index (χ1v) is 9.52. The fourth-order valence-electron chi connectivity index (χ4n) is 3.69. The van der Waals surface area contributed by atoms with Crippen LogP contribution in [0.3, 0.4) is 0 Å². The first-order valence-electron chi connectivity index (χ1n) is 9.52. The molecule has 0 saturated heterocycles. The molecule has 0 bridgehead atoms. The van der Waals surface area contributed by atoms with Crippen LogP contribution in [0.2, 0.25) is 0 Å². The number of nitrogens with zero attached hydrogens (tertiary/aromatic N) is 5. The Labute approximate surface area is 172 Å². The molecule has 0 radical (unpaired) electrons. The van der Waals surface area contributed by atoms with Crippen molar-refractivity contribution in [3.05, 3.63) is 94.0 Å². The maximum atomic E-state index is 5.30. The monoisotopic (exact) mass is 397 g/mol. The minimum atomic E-state index is -0.169. The standard InChI is InChI=1S/C23H19N5O2/c1-29-18-10-6-15(7-11-18)14-17-4-3-5-20-21(17)24-23-25-26-27-28(23)22(20)16-8-12-19(30-2)13-9-16/h3-14,22H,1-2H3. The van der Waals surface area contributed by atoms with E-state index in [-0.39, 0.29) is 6.04 Å². The third kappa shape index (κ3) is 3.10. The van der Waals surface area contributed by atoms with Gasteiger partial charge in [-0.3, -0.25) is 0 Å². The predicted molar refractivity (Wildman–Crippen MR) is 111 cm³/mol. The fourth-order valence-corrected chi connectivity index (χ4v) is 3.69. The summed E-state index contributed by atoms with van der Waals surface area (Å²) in [7, 11) is 3.32. The SMILES string of the molecule is COc1ccc(C=c2cccc3c2=Nc2nnnn2C3c2ccc(OC)cc2)cc1. The largest absolute Gasteiger partial charge is 0.497 e. The molecular weight excluding hydrogens is 378 g/mol. The second-order valence-electron chi connectivity index (χ2n) is 6.91. The molecule has 148 valence electrons. The van der Waals surface area contributed by atoms with E-state index in [1.807, 2.05) is 54.6 Å². The molecule has 0 spiro atoms. The Morgan fingerprint density at radius 1 is 0.867 bits per heavy atom. The van der Waals surface area contributed by atoms with Crippen LogP contribution in [0, 0.1) is 0 Å². The molecule has 1 aliphatic heterocycles. The summed E-state index contributed by atoms with van der Waals surface area (Å²) in [5.41, 5.74) is 3.16. The predicted octanol–water partition coefficient (Wildman–Crippen LogP) is 2.42. The van der Waals surface area contributed by atoms with E-state index in [9.17, 15) is 0 Å². The van der Waals surface area contributed by atoms with Gasteiger partial charge in [-0.05, 0) is 51.9 Å². The van der Waals surface area contributed by atoms with Crippen molar-refractivity contribution in [2.45, 2.75) is 6.04 Å². The molecule has 0 amide bonds. The van der Waals surface area contributed by atoms with Gasteiger partial charge < -0.3 is 9.47 Å². The first kappa shape index (κ1) is 18.1. The lowest BCUT2D eigenvalue weighted by atomic mass is 9.96. The van der Waals surface area contributed by atoms with Crippen molar-refractivity contribution < 1.29 is 9.47 Å². The van der Waals surface area contributed by atoms with Crippen LogP contribution in [0.25, 0.3) is 6.08 Å². The lowest BCUT2D eigenvalue weighted by Crippen LogP contribution is -2.35. The summed E-state index contributed by atoms with van der Waals surface area (Å²) >= 11 is 0. The van der Waals surface area contributed by atoms with Gasteiger partial charge in [-0.2, -0.15) is 4.68 Å². The zero-order valence-corrected chi connectivity index (χ0v) is 16.6. The number of fused-ring (bicyclic) bond motifs is 2. The summed E-state index contributed by atoms with van der Waals surface area (Å²) in [5, 5.41) is 14.0. The van der Waals surface area contributed by atoms with Gasteiger partial charge in [0, 0.05) is 10.8 Å². The first-order chi connectivity index (χ1) is 14.8. The van der Waals surface area contributed by atoms with Crippen LogP contribution in [0.1, 0.15) is 22.7 Å². The quantitative estimate of drug-likeness (QED) is 0.466. The molecule has 1 aliphatic rings. The highest BCUT2D eigenvalue weighted by Gasteiger charge is 2.26. The van der Waals surface area contributed by atoms with Gasteiger partial charge in [-0.25, -0.2) is 4.99 Å². The van der Waals surface area contributed by atoms with Gasteiger partial charge in [0.2, 0.25) is 0 Å². The van der Waals surface area contributed by atoms with E-state index >= 15 is 0 Å². The highest BCUT2D eigenvalue weighted by atomic mass is 16.5. The molecule has 5 rings (SSSR count). The molecule has 2 heterocycles. The molecule has 1 aromatic heterocycles. The third-order valence-corrected chi connectivity index (χ3v) is 5.19. The van der Waals surface area contributed by atoms with Gasteiger partial charge in [0.1, 0.15) is 17.5 Å².